The molecule has 2 aromatic heterocycles. The number of benzene rings is 1. The van der Waals surface area contributed by atoms with Gasteiger partial charge in [0, 0.05) is 30.4 Å². The van der Waals surface area contributed by atoms with Gasteiger partial charge < -0.3 is 20.0 Å². The number of halogens is 1. The molecule has 0 radical (unpaired) electrons. The van der Waals surface area contributed by atoms with Crippen molar-refractivity contribution < 1.29 is 9.23 Å². The van der Waals surface area contributed by atoms with E-state index >= 15 is 4.39 Å². The van der Waals surface area contributed by atoms with E-state index in [0.29, 0.717) is 35.7 Å². The highest BCUT2D eigenvalue weighted by molar-refractivity contribution is 7.12. The molecule has 3 N–H and O–H groups in total. The van der Waals surface area contributed by atoms with Gasteiger partial charge in [0.2, 0.25) is 5.43 Å². The molecule has 1 aliphatic carbocycles. The van der Waals surface area contributed by atoms with E-state index < -0.39 is 16.8 Å². The Morgan fingerprint density at radius 1 is 1.38 bits per heavy atom. The van der Waals surface area contributed by atoms with Gasteiger partial charge in [-0.3, -0.25) is 14.0 Å². The van der Waals surface area contributed by atoms with Crippen molar-refractivity contribution in [3.63, 3.8) is 0 Å². The van der Waals surface area contributed by atoms with E-state index in [2.05, 4.69) is 9.53 Å². The molecule has 2 aliphatic rings. The van der Waals surface area contributed by atoms with Crippen LogP contribution in [0.3, 0.4) is 0 Å². The number of hydrogen-bond donors (Lipinski definition) is 2. The summed E-state index contributed by atoms with van der Waals surface area (Å²) in [5.74, 6) is -0.523. The van der Waals surface area contributed by atoms with Crippen LogP contribution in [0.2, 0.25) is 0 Å². The lowest BCUT2D eigenvalue weighted by atomic mass is 10.1. The minimum atomic E-state index is -0.502. The van der Waals surface area contributed by atoms with Gasteiger partial charge in [-0.1, -0.05) is 5.16 Å². The Hall–Kier alpha value is -2.72. The summed E-state index contributed by atoms with van der Waals surface area (Å²) >= 11 is 1.16. The second-order valence-electron chi connectivity index (χ2n) is 7.54. The third-order valence-electron chi connectivity index (χ3n) is 5.71. The summed E-state index contributed by atoms with van der Waals surface area (Å²) in [6, 6.07) is 3.19. The van der Waals surface area contributed by atoms with Gasteiger partial charge in [0.05, 0.1) is 23.5 Å². The Morgan fingerprint density at radius 2 is 2.17 bits per heavy atom. The molecular weight excluding hydrogens is 397 g/mol. The summed E-state index contributed by atoms with van der Waals surface area (Å²) < 4.78 is 19.8. The standard InChI is InChI=1S/C19H20FN5O3S/c1-28-22-13-8-24(7-9(13)6-21)15-5-14-11(4-12(15)20)17(26)16-18(27)23-29-19(16)25(14)10-2-3-10/h4-5,9-10H,2-3,6-8,21H2,1H3,(H,23,27)/b22-13+/t9-/m0/s1. The van der Waals surface area contributed by atoms with E-state index in [1.54, 1.807) is 6.07 Å². The average Bonchev–Trinajstić information content (AvgIpc) is 3.35. The lowest BCUT2D eigenvalue weighted by Gasteiger charge is -2.20. The van der Waals surface area contributed by atoms with Crippen LogP contribution in [-0.2, 0) is 4.84 Å². The number of nitrogens with one attached hydrogen (secondary N) is 1. The number of aromatic nitrogens is 2. The summed E-state index contributed by atoms with van der Waals surface area (Å²) in [7, 11) is 1.47. The monoisotopic (exact) mass is 417 g/mol. The first-order chi connectivity index (χ1) is 14.0. The molecule has 0 bridgehead atoms. The molecule has 0 amide bonds. The maximum Gasteiger partial charge on any atom is 0.271 e. The van der Waals surface area contributed by atoms with Crippen molar-refractivity contribution in [2.75, 3.05) is 31.6 Å². The molecule has 1 saturated carbocycles. The maximum atomic E-state index is 15.1. The number of aromatic amines is 1. The molecule has 8 nitrogen and oxygen atoms in total. The van der Waals surface area contributed by atoms with Crippen molar-refractivity contribution in [2.45, 2.75) is 18.9 Å². The number of nitrogens with zero attached hydrogens (tertiary/aromatic N) is 3. The van der Waals surface area contributed by atoms with E-state index in [9.17, 15) is 9.59 Å². The first-order valence-corrected chi connectivity index (χ1v) is 10.3. The predicted octanol–water partition coefficient (Wildman–Crippen LogP) is 1.78. The van der Waals surface area contributed by atoms with Crippen LogP contribution >= 0.6 is 11.5 Å². The number of H-pyrrole nitrogens is 1. The van der Waals surface area contributed by atoms with Gasteiger partial charge >= 0.3 is 0 Å². The van der Waals surface area contributed by atoms with Crippen molar-refractivity contribution in [2.24, 2.45) is 16.8 Å². The topological polar surface area (TPSA) is 106 Å². The van der Waals surface area contributed by atoms with Gasteiger partial charge in [0.15, 0.2) is 0 Å². The number of oxime groups is 1. The average molecular weight is 417 g/mol. The van der Waals surface area contributed by atoms with Crippen LogP contribution in [0.5, 0.6) is 0 Å². The second kappa shape index (κ2) is 6.67. The predicted molar refractivity (Wildman–Crippen MR) is 112 cm³/mol. The van der Waals surface area contributed by atoms with E-state index in [4.69, 9.17) is 10.6 Å². The molecule has 0 spiro atoms. The van der Waals surface area contributed by atoms with Crippen LogP contribution in [0.4, 0.5) is 10.1 Å². The lowest BCUT2D eigenvalue weighted by molar-refractivity contribution is 0.211. The first-order valence-electron chi connectivity index (χ1n) is 9.47. The number of rotatable bonds is 4. The smallest absolute Gasteiger partial charge is 0.271 e. The normalized spacial score (nSPS) is 21.0. The zero-order valence-electron chi connectivity index (χ0n) is 15.8. The van der Waals surface area contributed by atoms with Crippen molar-refractivity contribution in [3.05, 3.63) is 38.5 Å². The van der Waals surface area contributed by atoms with Gasteiger partial charge in [-0.15, -0.1) is 0 Å². The Kier molecular flexibility index (Phi) is 4.21. The van der Waals surface area contributed by atoms with Crippen LogP contribution < -0.4 is 21.6 Å². The van der Waals surface area contributed by atoms with Crippen molar-refractivity contribution in [1.29, 1.82) is 0 Å². The third kappa shape index (κ3) is 2.77. The lowest BCUT2D eigenvalue weighted by Crippen LogP contribution is -2.24. The highest BCUT2D eigenvalue weighted by atomic mass is 32.1. The largest absolute Gasteiger partial charge is 0.399 e. The summed E-state index contributed by atoms with van der Waals surface area (Å²) in [6.45, 7) is 1.32. The fourth-order valence-corrected chi connectivity index (χ4v) is 5.08. The molecule has 1 aromatic carbocycles. The molecule has 1 saturated heterocycles. The van der Waals surface area contributed by atoms with Crippen molar-refractivity contribution >= 4 is 44.1 Å². The zero-order valence-corrected chi connectivity index (χ0v) is 16.6. The fraction of sp³-hybridized carbons (Fsp3) is 0.421. The highest BCUT2D eigenvalue weighted by Crippen LogP contribution is 2.41. The van der Waals surface area contributed by atoms with Crippen LogP contribution in [0.25, 0.3) is 21.1 Å². The second-order valence-corrected chi connectivity index (χ2v) is 8.34. The van der Waals surface area contributed by atoms with E-state index in [1.807, 2.05) is 9.47 Å². The van der Waals surface area contributed by atoms with E-state index in [0.717, 1.165) is 30.1 Å². The minimum absolute atomic E-state index is 0.0203. The Morgan fingerprint density at radius 3 is 2.86 bits per heavy atom. The molecule has 3 heterocycles. The van der Waals surface area contributed by atoms with Gasteiger partial charge in [-0.2, -0.15) is 0 Å². The van der Waals surface area contributed by atoms with Gasteiger partial charge in [-0.25, -0.2) is 4.39 Å². The third-order valence-corrected chi connectivity index (χ3v) is 6.59. The summed E-state index contributed by atoms with van der Waals surface area (Å²) in [5.41, 5.74) is 6.82. The SMILES string of the molecule is CO/N=C1\CN(c2cc3c(cc2F)c(=O)c2c(=O)[nH]sc2n3C2CC2)C[C@@H]1CN. The summed E-state index contributed by atoms with van der Waals surface area (Å²) in [4.78, 5) is 32.5. The minimum Gasteiger partial charge on any atom is -0.399 e. The Bertz CT molecular complexity index is 1270. The number of anilines is 1. The molecule has 2 fully saturated rings. The molecule has 10 heteroatoms. The quantitative estimate of drug-likeness (QED) is 0.630. The van der Waals surface area contributed by atoms with Crippen LogP contribution in [-0.4, -0.2) is 41.4 Å². The van der Waals surface area contributed by atoms with Gasteiger partial charge in [-0.05, 0) is 36.5 Å². The molecule has 152 valence electrons. The van der Waals surface area contributed by atoms with Crippen molar-refractivity contribution in [3.8, 4) is 0 Å². The van der Waals surface area contributed by atoms with Crippen molar-refractivity contribution in [1.82, 2.24) is 8.94 Å². The Labute approximate surface area is 168 Å². The molecule has 29 heavy (non-hydrogen) atoms. The van der Waals surface area contributed by atoms with Crippen LogP contribution in [0.15, 0.2) is 26.9 Å². The van der Waals surface area contributed by atoms with Gasteiger partial charge in [0.25, 0.3) is 5.56 Å². The van der Waals surface area contributed by atoms with E-state index in [-0.39, 0.29) is 22.7 Å². The molecule has 0 unspecified atom stereocenters. The highest BCUT2D eigenvalue weighted by Gasteiger charge is 2.33. The summed E-state index contributed by atoms with van der Waals surface area (Å²) in [6.07, 6.45) is 1.94. The van der Waals surface area contributed by atoms with Crippen LogP contribution in [0.1, 0.15) is 18.9 Å². The number of fused-ring (bicyclic) bond motifs is 2. The molecule has 1 aliphatic heterocycles. The van der Waals surface area contributed by atoms with Crippen LogP contribution in [0, 0.1) is 11.7 Å². The number of nitrogens with two attached hydrogens (primary N) is 1. The fourth-order valence-electron chi connectivity index (χ4n) is 4.15. The molecule has 3 aromatic rings. The molecule has 1 atom stereocenters. The molecular formula is C19H20FN5O3S. The number of pyridine rings is 1. The van der Waals surface area contributed by atoms with E-state index in [1.165, 1.54) is 13.2 Å². The number of hydrogen-bond acceptors (Lipinski definition) is 7. The van der Waals surface area contributed by atoms with Gasteiger partial charge in [0.1, 0.15) is 23.1 Å². The first kappa shape index (κ1) is 18.3. The summed E-state index contributed by atoms with van der Waals surface area (Å²) in [5, 5.41) is 4.38. The zero-order chi connectivity index (χ0) is 20.3. The molecule has 5 rings (SSSR count). The Balaban J connectivity index is 1.73. The maximum absolute atomic E-state index is 15.1.